The maximum absolute atomic E-state index is 12.1. The molecule has 1 saturated carbocycles. The number of hydrogen-bond acceptors (Lipinski definition) is 4. The van der Waals surface area contributed by atoms with E-state index in [4.69, 9.17) is 5.10 Å². The predicted octanol–water partition coefficient (Wildman–Crippen LogP) is 2.84. The van der Waals surface area contributed by atoms with Crippen molar-refractivity contribution in [3.63, 3.8) is 0 Å². The van der Waals surface area contributed by atoms with E-state index in [2.05, 4.69) is 16.6 Å². The minimum atomic E-state index is -0.158. The number of fused-ring (bicyclic) bond motifs is 1. The monoisotopic (exact) mass is 292 g/mol. The highest BCUT2D eigenvalue weighted by Crippen LogP contribution is 2.31. The standard InChI is InChI=1S/C14H20N4OS/c1-3-8-17-11-9-18(10-6-4-5-7-10)16-12(11)13(20-2)15-14(17)19/h9-10H,3-8H2,1-2H3. The van der Waals surface area contributed by atoms with Gasteiger partial charge in [0, 0.05) is 12.7 Å². The van der Waals surface area contributed by atoms with Crippen LogP contribution in [-0.2, 0) is 6.54 Å². The summed E-state index contributed by atoms with van der Waals surface area (Å²) < 4.78 is 3.82. The van der Waals surface area contributed by atoms with Crippen molar-refractivity contribution in [1.82, 2.24) is 19.3 Å². The van der Waals surface area contributed by atoms with Crippen LogP contribution in [0.4, 0.5) is 0 Å². The summed E-state index contributed by atoms with van der Waals surface area (Å²) in [4.78, 5) is 16.3. The summed E-state index contributed by atoms with van der Waals surface area (Å²) in [6.07, 6.45) is 9.84. The Labute approximate surface area is 122 Å². The van der Waals surface area contributed by atoms with Gasteiger partial charge in [0.1, 0.15) is 10.5 Å². The molecular weight excluding hydrogens is 272 g/mol. The number of rotatable bonds is 4. The summed E-state index contributed by atoms with van der Waals surface area (Å²) in [5.74, 6) is 0. The molecule has 0 radical (unpaired) electrons. The van der Waals surface area contributed by atoms with Gasteiger partial charge in [0.15, 0.2) is 0 Å². The molecule has 1 aliphatic carbocycles. The highest BCUT2D eigenvalue weighted by Gasteiger charge is 2.20. The lowest BCUT2D eigenvalue weighted by Crippen LogP contribution is -2.23. The van der Waals surface area contributed by atoms with E-state index in [0.717, 1.165) is 22.5 Å². The van der Waals surface area contributed by atoms with Crippen LogP contribution in [0.15, 0.2) is 16.0 Å². The largest absolute Gasteiger partial charge is 0.349 e. The molecule has 2 aromatic rings. The Hall–Kier alpha value is -1.30. The summed E-state index contributed by atoms with van der Waals surface area (Å²) in [7, 11) is 0. The number of hydrogen-bond donors (Lipinski definition) is 0. The Morgan fingerprint density at radius 2 is 2.15 bits per heavy atom. The molecule has 20 heavy (non-hydrogen) atoms. The molecule has 5 nitrogen and oxygen atoms in total. The smallest absolute Gasteiger partial charge is 0.289 e. The molecule has 1 fully saturated rings. The van der Waals surface area contributed by atoms with E-state index in [0.29, 0.717) is 12.6 Å². The molecule has 3 rings (SSSR count). The Balaban J connectivity index is 2.18. The number of aryl methyl sites for hydroxylation is 1. The lowest BCUT2D eigenvalue weighted by molar-refractivity contribution is 0.470. The van der Waals surface area contributed by atoms with Crippen molar-refractivity contribution in [3.8, 4) is 0 Å². The van der Waals surface area contributed by atoms with Gasteiger partial charge in [-0.3, -0.25) is 9.25 Å². The van der Waals surface area contributed by atoms with E-state index in [-0.39, 0.29) is 5.69 Å². The molecule has 0 saturated heterocycles. The fourth-order valence-corrected chi connectivity index (χ4v) is 3.48. The van der Waals surface area contributed by atoms with Crippen LogP contribution < -0.4 is 5.69 Å². The lowest BCUT2D eigenvalue weighted by atomic mass is 10.3. The van der Waals surface area contributed by atoms with Crippen LogP contribution in [0, 0.1) is 0 Å². The summed E-state index contributed by atoms with van der Waals surface area (Å²) in [6.45, 7) is 2.77. The molecule has 0 atom stereocenters. The molecule has 0 amide bonds. The van der Waals surface area contributed by atoms with E-state index < -0.39 is 0 Å². The molecule has 0 aliphatic heterocycles. The zero-order chi connectivity index (χ0) is 14.1. The highest BCUT2D eigenvalue weighted by molar-refractivity contribution is 7.98. The molecule has 0 N–H and O–H groups in total. The topological polar surface area (TPSA) is 52.7 Å². The molecule has 0 unspecified atom stereocenters. The maximum Gasteiger partial charge on any atom is 0.349 e. The van der Waals surface area contributed by atoms with Crippen LogP contribution in [0.1, 0.15) is 45.1 Å². The first kappa shape index (κ1) is 13.7. The van der Waals surface area contributed by atoms with Gasteiger partial charge in [-0.05, 0) is 25.5 Å². The van der Waals surface area contributed by atoms with Gasteiger partial charge in [-0.25, -0.2) is 4.79 Å². The summed E-state index contributed by atoms with van der Waals surface area (Å²) >= 11 is 1.49. The van der Waals surface area contributed by atoms with Crippen molar-refractivity contribution >= 4 is 22.8 Å². The van der Waals surface area contributed by atoms with Gasteiger partial charge in [-0.15, -0.1) is 11.8 Å². The van der Waals surface area contributed by atoms with Crippen LogP contribution in [0.25, 0.3) is 11.0 Å². The molecule has 0 spiro atoms. The summed E-state index contributed by atoms with van der Waals surface area (Å²) in [5, 5.41) is 5.47. The SMILES string of the molecule is CCCn1c(=O)nc(SC)c2nn(C3CCCC3)cc21. The van der Waals surface area contributed by atoms with Gasteiger partial charge in [0.25, 0.3) is 0 Å². The number of thioether (sulfide) groups is 1. The molecular formula is C14H20N4OS. The van der Waals surface area contributed by atoms with E-state index in [1.165, 1.54) is 37.4 Å². The van der Waals surface area contributed by atoms with E-state index in [1.807, 2.05) is 12.5 Å². The van der Waals surface area contributed by atoms with E-state index in [1.54, 1.807) is 4.57 Å². The van der Waals surface area contributed by atoms with E-state index in [9.17, 15) is 4.79 Å². The second kappa shape index (κ2) is 5.60. The van der Waals surface area contributed by atoms with Crippen LogP contribution in [0.5, 0.6) is 0 Å². The summed E-state index contributed by atoms with van der Waals surface area (Å²) in [5.41, 5.74) is 1.65. The zero-order valence-electron chi connectivity index (χ0n) is 12.0. The summed E-state index contributed by atoms with van der Waals surface area (Å²) in [6, 6.07) is 0.488. The van der Waals surface area contributed by atoms with Gasteiger partial charge < -0.3 is 0 Å². The Morgan fingerprint density at radius 1 is 1.40 bits per heavy atom. The second-order valence-corrected chi connectivity index (χ2v) is 6.13. The van der Waals surface area contributed by atoms with Gasteiger partial charge in [-0.1, -0.05) is 19.8 Å². The highest BCUT2D eigenvalue weighted by atomic mass is 32.2. The number of nitrogens with zero attached hydrogens (tertiary/aromatic N) is 4. The average molecular weight is 292 g/mol. The fourth-order valence-electron chi connectivity index (χ4n) is 2.97. The molecule has 0 bridgehead atoms. The molecule has 1 aliphatic rings. The van der Waals surface area contributed by atoms with Crippen molar-refractivity contribution in [1.29, 1.82) is 0 Å². The minimum Gasteiger partial charge on any atom is -0.289 e. The normalized spacial score (nSPS) is 16.3. The van der Waals surface area contributed by atoms with Crippen molar-refractivity contribution < 1.29 is 0 Å². The van der Waals surface area contributed by atoms with Crippen molar-refractivity contribution in [2.45, 2.75) is 56.6 Å². The van der Waals surface area contributed by atoms with Crippen LogP contribution >= 0.6 is 11.8 Å². The third kappa shape index (κ3) is 2.26. The Kier molecular flexibility index (Phi) is 3.83. The van der Waals surface area contributed by atoms with Crippen molar-refractivity contribution in [3.05, 3.63) is 16.7 Å². The zero-order valence-corrected chi connectivity index (χ0v) is 12.8. The fraction of sp³-hybridized carbons (Fsp3) is 0.643. The Morgan fingerprint density at radius 3 is 2.80 bits per heavy atom. The molecule has 2 heterocycles. The van der Waals surface area contributed by atoms with Crippen LogP contribution in [0.2, 0.25) is 0 Å². The first-order chi connectivity index (χ1) is 9.74. The first-order valence-electron chi connectivity index (χ1n) is 7.28. The van der Waals surface area contributed by atoms with Crippen LogP contribution in [-0.4, -0.2) is 25.6 Å². The predicted molar refractivity (Wildman–Crippen MR) is 81.4 cm³/mol. The molecule has 2 aromatic heterocycles. The first-order valence-corrected chi connectivity index (χ1v) is 8.50. The third-order valence-electron chi connectivity index (χ3n) is 3.97. The maximum atomic E-state index is 12.1. The Bertz CT molecular complexity index is 670. The second-order valence-electron chi connectivity index (χ2n) is 5.34. The van der Waals surface area contributed by atoms with Crippen LogP contribution in [0.3, 0.4) is 0 Å². The average Bonchev–Trinajstić information content (AvgIpc) is 3.09. The van der Waals surface area contributed by atoms with Gasteiger partial charge in [0.05, 0.1) is 11.6 Å². The van der Waals surface area contributed by atoms with E-state index >= 15 is 0 Å². The molecule has 108 valence electrons. The quantitative estimate of drug-likeness (QED) is 0.642. The lowest BCUT2D eigenvalue weighted by Gasteiger charge is -2.08. The molecule has 0 aromatic carbocycles. The van der Waals surface area contributed by atoms with Gasteiger partial charge in [0.2, 0.25) is 0 Å². The van der Waals surface area contributed by atoms with Gasteiger partial charge in [-0.2, -0.15) is 10.1 Å². The van der Waals surface area contributed by atoms with Gasteiger partial charge >= 0.3 is 5.69 Å². The van der Waals surface area contributed by atoms with Crippen molar-refractivity contribution in [2.75, 3.05) is 6.26 Å². The van der Waals surface area contributed by atoms with Crippen molar-refractivity contribution in [2.24, 2.45) is 0 Å². The number of aromatic nitrogens is 4. The third-order valence-corrected chi connectivity index (χ3v) is 4.64. The molecule has 6 heteroatoms. The minimum absolute atomic E-state index is 0.158.